The van der Waals surface area contributed by atoms with Gasteiger partial charge in [-0.05, 0) is 35.2 Å². The van der Waals surface area contributed by atoms with E-state index < -0.39 is 0 Å². The Hall–Kier alpha value is -4.97. The molecule has 0 spiro atoms. The maximum absolute atomic E-state index is 2.32. The Morgan fingerprint density at radius 2 is 1.04 bits per heavy atom. The SMILES string of the molecule is CCc1ccc2c(c1)[cH-]c1cc(CC)ccc12.Cc1cc2c(-c3ccc4ccccc4c3)cccc2[cH-]1.[Zr+2]=[C](c1ccccc1)c1ccccc1. The molecule has 0 saturated carbocycles. The molecule has 0 aliphatic rings. The molecule has 9 rings (SSSR count). The summed E-state index contributed by atoms with van der Waals surface area (Å²) in [6.45, 7) is 6.57. The van der Waals surface area contributed by atoms with E-state index in [4.69, 9.17) is 0 Å². The van der Waals surface area contributed by atoms with Crippen molar-refractivity contribution >= 4 is 46.3 Å². The Bertz CT molecular complexity index is 2460. The number of hydrogen-bond donors (Lipinski definition) is 0. The predicted octanol–water partition coefficient (Wildman–Crippen LogP) is 13.3. The molecular formula is C50H42Zr. The van der Waals surface area contributed by atoms with Crippen LogP contribution in [0.25, 0.3) is 54.2 Å². The molecule has 0 aliphatic carbocycles. The van der Waals surface area contributed by atoms with Crippen LogP contribution in [-0.2, 0) is 37.1 Å². The van der Waals surface area contributed by atoms with Gasteiger partial charge in [-0.15, -0.1) is 74.3 Å². The first-order chi connectivity index (χ1) is 25.0. The number of hydrogen-bond acceptors (Lipinski definition) is 0. The molecule has 0 nitrogen and oxygen atoms in total. The van der Waals surface area contributed by atoms with E-state index in [2.05, 4.69) is 197 Å². The molecule has 51 heavy (non-hydrogen) atoms. The van der Waals surface area contributed by atoms with Gasteiger partial charge < -0.3 is 0 Å². The van der Waals surface area contributed by atoms with Crippen LogP contribution in [0.4, 0.5) is 0 Å². The molecule has 9 aromatic carbocycles. The van der Waals surface area contributed by atoms with Crippen LogP contribution in [0.2, 0.25) is 0 Å². The zero-order valence-corrected chi connectivity index (χ0v) is 32.1. The maximum atomic E-state index is 2.32. The summed E-state index contributed by atoms with van der Waals surface area (Å²) in [6.07, 6.45) is 2.22. The summed E-state index contributed by atoms with van der Waals surface area (Å²) in [6, 6.07) is 63.4. The first kappa shape index (κ1) is 34.5. The van der Waals surface area contributed by atoms with Gasteiger partial charge in [0.15, 0.2) is 0 Å². The van der Waals surface area contributed by atoms with Crippen LogP contribution in [-0.4, -0.2) is 3.21 Å². The van der Waals surface area contributed by atoms with Crippen LogP contribution in [0.3, 0.4) is 0 Å². The van der Waals surface area contributed by atoms with Gasteiger partial charge in [0.05, 0.1) is 0 Å². The fraction of sp³-hybridized carbons (Fsp3) is 0.100. The zero-order valence-electron chi connectivity index (χ0n) is 29.7. The van der Waals surface area contributed by atoms with E-state index >= 15 is 0 Å². The van der Waals surface area contributed by atoms with Crippen molar-refractivity contribution in [1.29, 1.82) is 0 Å². The molecule has 0 aromatic heterocycles. The van der Waals surface area contributed by atoms with Crippen molar-refractivity contribution in [3.8, 4) is 11.1 Å². The van der Waals surface area contributed by atoms with Crippen molar-refractivity contribution in [3.05, 3.63) is 204 Å². The summed E-state index contributed by atoms with van der Waals surface area (Å²) < 4.78 is 1.42. The molecule has 9 aromatic rings. The van der Waals surface area contributed by atoms with Gasteiger partial charge in [0.25, 0.3) is 0 Å². The second kappa shape index (κ2) is 15.9. The fourth-order valence-electron chi connectivity index (χ4n) is 6.93. The van der Waals surface area contributed by atoms with E-state index in [-0.39, 0.29) is 0 Å². The summed E-state index contributed by atoms with van der Waals surface area (Å²) in [5, 5.41) is 10.8. The molecule has 0 saturated heterocycles. The minimum absolute atomic E-state index is 1.11. The van der Waals surface area contributed by atoms with Crippen molar-refractivity contribution in [2.24, 2.45) is 0 Å². The summed E-state index contributed by atoms with van der Waals surface area (Å²) in [4.78, 5) is 0. The first-order valence-electron chi connectivity index (χ1n) is 18.0. The van der Waals surface area contributed by atoms with Crippen LogP contribution in [0.5, 0.6) is 0 Å². The quantitative estimate of drug-likeness (QED) is 0.155. The molecule has 0 atom stereocenters. The molecule has 0 unspecified atom stereocenters. The van der Waals surface area contributed by atoms with Gasteiger partial charge in [-0.2, -0.15) is 6.07 Å². The van der Waals surface area contributed by atoms with Gasteiger partial charge in [-0.1, -0.05) is 104 Å². The standard InChI is InChI=1S/C20H15.C17H17.C13H10.Zr/c1-14-11-17-7-4-8-19(20(17)12-14)18-10-9-15-5-2-3-6-16(15)13-18;1-3-12-5-7-16-14(9-12)11-15-10-13(4-2)6-8-17(15)16;1-3-7-12(8-4-1)11-13-9-5-2-6-10-13;/h2-13H,1H3;5-11H,3-4H2,1-2H3;1-10H;/q2*-1;;+2. The number of aryl methyl sites for hydroxylation is 3. The summed E-state index contributed by atoms with van der Waals surface area (Å²) in [7, 11) is 0. The molecule has 1 heteroatoms. The number of benzene rings is 7. The minimum atomic E-state index is 1.11. The van der Waals surface area contributed by atoms with Crippen molar-refractivity contribution in [2.45, 2.75) is 33.6 Å². The average molecular weight is 734 g/mol. The molecular weight excluding hydrogens is 692 g/mol. The van der Waals surface area contributed by atoms with E-state index in [1.807, 2.05) is 0 Å². The zero-order chi connectivity index (χ0) is 35.2. The fourth-order valence-corrected chi connectivity index (χ4v) is 7.75. The molecule has 0 radical (unpaired) electrons. The van der Waals surface area contributed by atoms with Crippen LogP contribution in [0.15, 0.2) is 176 Å². The Morgan fingerprint density at radius 1 is 0.471 bits per heavy atom. The molecule has 0 amide bonds. The third kappa shape index (κ3) is 7.86. The van der Waals surface area contributed by atoms with Gasteiger partial charge in [0, 0.05) is 0 Å². The third-order valence-corrected chi connectivity index (χ3v) is 11.1. The van der Waals surface area contributed by atoms with E-state index in [9.17, 15) is 0 Å². The van der Waals surface area contributed by atoms with E-state index in [0.717, 1.165) is 12.8 Å². The Labute approximate surface area is 317 Å². The van der Waals surface area contributed by atoms with E-state index in [1.165, 1.54) is 109 Å². The second-order valence-corrected chi connectivity index (χ2v) is 14.4. The summed E-state index contributed by atoms with van der Waals surface area (Å²) >= 11 is 1.46. The van der Waals surface area contributed by atoms with Crippen LogP contribution in [0.1, 0.15) is 41.7 Å². The normalized spacial score (nSPS) is 10.9. The topological polar surface area (TPSA) is 0 Å². The van der Waals surface area contributed by atoms with E-state index in [0.29, 0.717) is 0 Å². The predicted molar refractivity (Wildman–Crippen MR) is 219 cm³/mol. The van der Waals surface area contributed by atoms with Gasteiger partial charge in [0.1, 0.15) is 0 Å². The van der Waals surface area contributed by atoms with Crippen molar-refractivity contribution in [2.75, 3.05) is 0 Å². The Balaban J connectivity index is 0.000000122. The van der Waals surface area contributed by atoms with E-state index in [1.54, 1.807) is 0 Å². The van der Waals surface area contributed by atoms with Crippen molar-refractivity contribution in [3.63, 3.8) is 0 Å². The first-order valence-corrected chi connectivity index (χ1v) is 19.2. The molecule has 0 N–H and O–H groups in total. The molecule has 0 bridgehead atoms. The third-order valence-electron chi connectivity index (χ3n) is 9.73. The molecule has 246 valence electrons. The van der Waals surface area contributed by atoms with Crippen LogP contribution < -0.4 is 0 Å². The number of rotatable bonds is 5. The monoisotopic (exact) mass is 732 g/mol. The Morgan fingerprint density at radius 3 is 1.63 bits per heavy atom. The summed E-state index contributed by atoms with van der Waals surface area (Å²) in [5.74, 6) is 0. The number of fused-ring (bicyclic) bond motifs is 5. The van der Waals surface area contributed by atoms with Gasteiger partial charge in [-0.25, -0.2) is 0 Å². The molecule has 0 fully saturated rings. The summed E-state index contributed by atoms with van der Waals surface area (Å²) in [5.41, 5.74) is 9.44. The van der Waals surface area contributed by atoms with Crippen LogP contribution in [0, 0.1) is 6.92 Å². The molecule has 0 aliphatic heterocycles. The molecule has 0 heterocycles. The van der Waals surface area contributed by atoms with Gasteiger partial charge >= 0.3 is 99.2 Å². The average Bonchev–Trinajstić information content (AvgIpc) is 3.77. The van der Waals surface area contributed by atoms with Crippen LogP contribution >= 0.6 is 0 Å². The van der Waals surface area contributed by atoms with Crippen molar-refractivity contribution in [1.82, 2.24) is 0 Å². The van der Waals surface area contributed by atoms with Gasteiger partial charge in [-0.3, -0.25) is 0 Å². The second-order valence-electron chi connectivity index (χ2n) is 13.2. The Kier molecular flexibility index (Phi) is 10.8. The van der Waals surface area contributed by atoms with Gasteiger partial charge in [0.2, 0.25) is 0 Å². The van der Waals surface area contributed by atoms with Crippen molar-refractivity contribution < 1.29 is 24.2 Å².